The Hall–Kier alpha value is -2.08. The van der Waals surface area contributed by atoms with Crippen molar-refractivity contribution in [3.63, 3.8) is 0 Å². The van der Waals surface area contributed by atoms with Gasteiger partial charge in [0.2, 0.25) is 0 Å². The summed E-state index contributed by atoms with van der Waals surface area (Å²) in [5.41, 5.74) is 0. The SMILES string of the molecule is COc1ccc(OS(=O)(=O)c2cccc(F)c2)cc1. The monoisotopic (exact) mass is 282 g/mol. The van der Waals surface area contributed by atoms with Crippen LogP contribution in [-0.4, -0.2) is 15.5 Å². The Morgan fingerprint density at radius 1 is 1.00 bits per heavy atom. The molecule has 6 heteroatoms. The summed E-state index contributed by atoms with van der Waals surface area (Å²) < 4.78 is 46.6. The Balaban J connectivity index is 2.25. The lowest BCUT2D eigenvalue weighted by Crippen LogP contribution is -2.09. The molecule has 19 heavy (non-hydrogen) atoms. The predicted octanol–water partition coefficient (Wildman–Crippen LogP) is 2.60. The van der Waals surface area contributed by atoms with Crippen LogP contribution in [0.1, 0.15) is 0 Å². The molecule has 0 bridgehead atoms. The highest BCUT2D eigenvalue weighted by molar-refractivity contribution is 7.87. The molecule has 0 unspecified atom stereocenters. The maximum Gasteiger partial charge on any atom is 0.339 e. The van der Waals surface area contributed by atoms with Gasteiger partial charge in [-0.05, 0) is 42.5 Å². The van der Waals surface area contributed by atoms with Crippen molar-refractivity contribution in [2.45, 2.75) is 4.90 Å². The van der Waals surface area contributed by atoms with Crippen molar-refractivity contribution in [2.24, 2.45) is 0 Å². The molecular formula is C13H11FO4S. The average molecular weight is 282 g/mol. The van der Waals surface area contributed by atoms with Gasteiger partial charge in [-0.3, -0.25) is 0 Å². The molecule has 0 atom stereocenters. The van der Waals surface area contributed by atoms with E-state index in [1.165, 1.54) is 31.4 Å². The molecular weight excluding hydrogens is 271 g/mol. The van der Waals surface area contributed by atoms with E-state index in [1.54, 1.807) is 12.1 Å². The maximum atomic E-state index is 13.0. The van der Waals surface area contributed by atoms with Gasteiger partial charge in [0.1, 0.15) is 22.2 Å². The summed E-state index contributed by atoms with van der Waals surface area (Å²) in [5.74, 6) is 0.0694. The Morgan fingerprint density at radius 3 is 2.21 bits per heavy atom. The van der Waals surface area contributed by atoms with E-state index in [-0.39, 0.29) is 10.6 Å². The number of methoxy groups -OCH3 is 1. The number of rotatable bonds is 4. The van der Waals surface area contributed by atoms with Crippen LogP contribution in [-0.2, 0) is 10.1 Å². The van der Waals surface area contributed by atoms with Crippen molar-refractivity contribution in [2.75, 3.05) is 7.11 Å². The van der Waals surface area contributed by atoms with Crippen molar-refractivity contribution >= 4 is 10.1 Å². The van der Waals surface area contributed by atoms with E-state index in [9.17, 15) is 12.8 Å². The van der Waals surface area contributed by atoms with Crippen molar-refractivity contribution in [1.29, 1.82) is 0 Å². The minimum Gasteiger partial charge on any atom is -0.497 e. The van der Waals surface area contributed by atoms with Crippen molar-refractivity contribution in [3.05, 3.63) is 54.3 Å². The Morgan fingerprint density at radius 2 is 1.63 bits per heavy atom. The molecule has 0 radical (unpaired) electrons. The zero-order chi connectivity index (χ0) is 13.9. The molecule has 0 aliphatic carbocycles. The molecule has 2 aromatic rings. The molecule has 0 aromatic heterocycles. The van der Waals surface area contributed by atoms with Gasteiger partial charge in [-0.15, -0.1) is 0 Å². The van der Waals surface area contributed by atoms with Crippen LogP contribution >= 0.6 is 0 Å². The third-order valence-electron chi connectivity index (χ3n) is 2.35. The van der Waals surface area contributed by atoms with Crippen LogP contribution in [0.3, 0.4) is 0 Å². The second-order valence-corrected chi connectivity index (χ2v) is 5.22. The van der Waals surface area contributed by atoms with Gasteiger partial charge in [-0.1, -0.05) is 6.07 Å². The van der Waals surface area contributed by atoms with Gasteiger partial charge < -0.3 is 8.92 Å². The first kappa shape index (κ1) is 13.4. The topological polar surface area (TPSA) is 52.6 Å². The molecule has 0 N–H and O–H groups in total. The fourth-order valence-electron chi connectivity index (χ4n) is 1.43. The third-order valence-corrected chi connectivity index (χ3v) is 3.59. The largest absolute Gasteiger partial charge is 0.497 e. The van der Waals surface area contributed by atoms with Gasteiger partial charge in [0, 0.05) is 0 Å². The van der Waals surface area contributed by atoms with E-state index in [0.717, 1.165) is 12.1 Å². The van der Waals surface area contributed by atoms with Crippen LogP contribution in [0.2, 0.25) is 0 Å². The number of halogens is 1. The van der Waals surface area contributed by atoms with Gasteiger partial charge >= 0.3 is 10.1 Å². The molecule has 0 aliphatic heterocycles. The maximum absolute atomic E-state index is 13.0. The molecule has 2 aromatic carbocycles. The first-order valence-electron chi connectivity index (χ1n) is 5.35. The quantitative estimate of drug-likeness (QED) is 0.809. The van der Waals surface area contributed by atoms with Crippen LogP contribution in [0.4, 0.5) is 4.39 Å². The summed E-state index contributed by atoms with van der Waals surface area (Å²) in [4.78, 5) is -0.233. The molecule has 0 amide bonds. The van der Waals surface area contributed by atoms with E-state index < -0.39 is 15.9 Å². The Bertz CT molecular complexity index is 665. The second-order valence-electron chi connectivity index (χ2n) is 3.67. The number of hydrogen-bond donors (Lipinski definition) is 0. The molecule has 100 valence electrons. The van der Waals surface area contributed by atoms with Gasteiger partial charge in [0.15, 0.2) is 0 Å². The summed E-state index contributed by atoms with van der Waals surface area (Å²) in [5, 5.41) is 0. The molecule has 2 rings (SSSR count). The van der Waals surface area contributed by atoms with Crippen LogP contribution < -0.4 is 8.92 Å². The molecule has 0 heterocycles. The Labute approximate surface area is 110 Å². The summed E-state index contributed by atoms with van der Waals surface area (Å²) in [7, 11) is -2.54. The first-order chi connectivity index (χ1) is 9.01. The summed E-state index contributed by atoms with van der Waals surface area (Å²) >= 11 is 0. The van der Waals surface area contributed by atoms with Gasteiger partial charge in [-0.2, -0.15) is 8.42 Å². The summed E-state index contributed by atoms with van der Waals surface area (Å²) in [6, 6.07) is 10.7. The molecule has 0 aliphatic rings. The molecule has 0 spiro atoms. The van der Waals surface area contributed by atoms with Gasteiger partial charge in [0.05, 0.1) is 7.11 Å². The van der Waals surface area contributed by atoms with Crippen LogP contribution in [0.15, 0.2) is 53.4 Å². The Kier molecular flexibility index (Phi) is 3.71. The number of hydrogen-bond acceptors (Lipinski definition) is 4. The standard InChI is InChI=1S/C13H11FO4S/c1-17-11-5-7-12(8-6-11)18-19(15,16)13-4-2-3-10(14)9-13/h2-9H,1H3. The van der Waals surface area contributed by atoms with E-state index >= 15 is 0 Å². The highest BCUT2D eigenvalue weighted by atomic mass is 32.2. The highest BCUT2D eigenvalue weighted by Crippen LogP contribution is 2.21. The lowest BCUT2D eigenvalue weighted by Gasteiger charge is -2.07. The molecule has 4 nitrogen and oxygen atoms in total. The highest BCUT2D eigenvalue weighted by Gasteiger charge is 2.17. The van der Waals surface area contributed by atoms with Crippen molar-refractivity contribution in [1.82, 2.24) is 0 Å². The zero-order valence-electron chi connectivity index (χ0n) is 10.0. The number of ether oxygens (including phenoxy) is 1. The van der Waals surface area contributed by atoms with Crippen molar-refractivity contribution < 1.29 is 21.7 Å². The summed E-state index contributed by atoms with van der Waals surface area (Å²) in [6.07, 6.45) is 0. The van der Waals surface area contributed by atoms with E-state index in [4.69, 9.17) is 8.92 Å². The van der Waals surface area contributed by atoms with Crippen LogP contribution in [0.5, 0.6) is 11.5 Å². The smallest absolute Gasteiger partial charge is 0.339 e. The molecule has 0 fully saturated rings. The van der Waals surface area contributed by atoms with Crippen molar-refractivity contribution in [3.8, 4) is 11.5 Å². The summed E-state index contributed by atoms with van der Waals surface area (Å²) in [6.45, 7) is 0. The second kappa shape index (κ2) is 5.27. The van der Waals surface area contributed by atoms with E-state index in [2.05, 4.69) is 0 Å². The lowest BCUT2D eigenvalue weighted by atomic mass is 10.3. The minimum absolute atomic E-state index is 0.130. The third kappa shape index (κ3) is 3.23. The normalized spacial score (nSPS) is 11.1. The fourth-order valence-corrected chi connectivity index (χ4v) is 2.39. The molecule has 0 saturated carbocycles. The van der Waals surface area contributed by atoms with E-state index in [0.29, 0.717) is 5.75 Å². The van der Waals surface area contributed by atoms with Crippen LogP contribution in [0.25, 0.3) is 0 Å². The van der Waals surface area contributed by atoms with E-state index in [1.807, 2.05) is 0 Å². The molecule has 0 saturated heterocycles. The lowest BCUT2D eigenvalue weighted by molar-refractivity contribution is 0.413. The van der Waals surface area contributed by atoms with Gasteiger partial charge in [-0.25, -0.2) is 4.39 Å². The minimum atomic E-state index is -4.04. The first-order valence-corrected chi connectivity index (χ1v) is 6.76. The fraction of sp³-hybridized carbons (Fsp3) is 0.0769. The number of benzene rings is 2. The average Bonchev–Trinajstić information content (AvgIpc) is 2.39. The van der Waals surface area contributed by atoms with Crippen LogP contribution in [0, 0.1) is 5.82 Å². The van der Waals surface area contributed by atoms with Gasteiger partial charge in [0.25, 0.3) is 0 Å². The predicted molar refractivity (Wildman–Crippen MR) is 67.2 cm³/mol. The zero-order valence-corrected chi connectivity index (χ0v) is 10.9.